The maximum atomic E-state index is 13.3. The van der Waals surface area contributed by atoms with Crippen LogP contribution in [0, 0.1) is 0 Å². The van der Waals surface area contributed by atoms with E-state index in [2.05, 4.69) is 21.2 Å². The molecule has 0 aliphatic carbocycles. The molecule has 21 heavy (non-hydrogen) atoms. The molecule has 2 rings (SSSR count). The van der Waals surface area contributed by atoms with Crippen molar-refractivity contribution in [2.75, 3.05) is 32.9 Å². The van der Waals surface area contributed by atoms with Gasteiger partial charge in [0.1, 0.15) is 6.67 Å². The number of alkyl halides is 4. The van der Waals surface area contributed by atoms with Gasteiger partial charge in [-0.05, 0) is 23.8 Å². The number of benzene rings is 1. The largest absolute Gasteiger partial charge is 0.416 e. The van der Waals surface area contributed by atoms with Gasteiger partial charge in [0.25, 0.3) is 0 Å². The summed E-state index contributed by atoms with van der Waals surface area (Å²) >= 11 is 3.07. The molecular weight excluding hydrogens is 376 g/mol. The van der Waals surface area contributed by atoms with E-state index < -0.39 is 24.5 Å². The summed E-state index contributed by atoms with van der Waals surface area (Å²) in [5, 5.41) is 3.14. The number of halogens is 6. The summed E-state index contributed by atoms with van der Waals surface area (Å²) in [6, 6.07) is 2.98. The van der Waals surface area contributed by atoms with Gasteiger partial charge in [-0.3, -0.25) is 4.90 Å². The molecule has 0 saturated carbocycles. The highest BCUT2D eigenvalue weighted by molar-refractivity contribution is 9.10. The van der Waals surface area contributed by atoms with E-state index in [1.165, 1.54) is 0 Å². The fraction of sp³-hybridized carbons (Fsp3) is 0.538. The highest BCUT2D eigenvalue weighted by atomic mass is 79.9. The molecule has 0 radical (unpaired) electrons. The van der Waals surface area contributed by atoms with Gasteiger partial charge in [0.15, 0.2) is 0 Å². The summed E-state index contributed by atoms with van der Waals surface area (Å²) in [6.45, 7) is 1.99. The molecule has 0 unspecified atom stereocenters. The molecule has 1 N–H and O–H groups in total. The third kappa shape index (κ3) is 4.81. The van der Waals surface area contributed by atoms with Crippen molar-refractivity contribution in [3.8, 4) is 0 Å². The maximum Gasteiger partial charge on any atom is 0.416 e. The van der Waals surface area contributed by atoms with E-state index >= 15 is 0 Å². The molecule has 0 amide bonds. The molecule has 1 aliphatic heterocycles. The number of hydrogen-bond donors (Lipinski definition) is 1. The Hall–Kier alpha value is -0.370. The summed E-state index contributed by atoms with van der Waals surface area (Å²) in [5.41, 5.74) is -0.397. The second-order valence-electron chi connectivity index (χ2n) is 4.73. The smallest absolute Gasteiger partial charge is 0.314 e. The van der Waals surface area contributed by atoms with Gasteiger partial charge in [-0.1, -0.05) is 15.9 Å². The summed E-state index contributed by atoms with van der Waals surface area (Å²) in [7, 11) is 0. The molecule has 0 bridgehead atoms. The Morgan fingerprint density at radius 2 is 1.81 bits per heavy atom. The minimum absolute atomic E-state index is 0. The summed E-state index contributed by atoms with van der Waals surface area (Å²) in [5.74, 6) is 0. The van der Waals surface area contributed by atoms with E-state index in [4.69, 9.17) is 0 Å². The lowest BCUT2D eigenvalue weighted by Crippen LogP contribution is -2.45. The van der Waals surface area contributed by atoms with Gasteiger partial charge in [0.05, 0.1) is 11.6 Å². The Labute approximate surface area is 135 Å². The molecule has 1 fully saturated rings. The van der Waals surface area contributed by atoms with E-state index in [0.29, 0.717) is 23.1 Å². The monoisotopic (exact) mass is 390 g/mol. The van der Waals surface area contributed by atoms with Crippen LogP contribution in [-0.4, -0.2) is 37.8 Å². The van der Waals surface area contributed by atoms with Crippen LogP contribution in [0.1, 0.15) is 17.2 Å². The second kappa shape index (κ2) is 7.76. The van der Waals surface area contributed by atoms with Crippen molar-refractivity contribution in [3.05, 3.63) is 33.8 Å². The van der Waals surface area contributed by atoms with Gasteiger partial charge in [-0.15, -0.1) is 12.4 Å². The van der Waals surface area contributed by atoms with Crippen LogP contribution in [0.4, 0.5) is 17.6 Å². The van der Waals surface area contributed by atoms with E-state index in [9.17, 15) is 17.6 Å². The first-order chi connectivity index (χ1) is 9.41. The fourth-order valence-electron chi connectivity index (χ4n) is 2.36. The van der Waals surface area contributed by atoms with Crippen LogP contribution < -0.4 is 5.32 Å². The standard InChI is InChI=1S/C13H15BrF4N2.ClH/c14-11-6-9(5-10(7-11)13(16,17)18)12(8-15)20-3-1-19-2-4-20;/h5-7,12,19H,1-4,8H2;1H/t12-;/m0./s1. The number of piperazine rings is 1. The van der Waals surface area contributed by atoms with Crippen molar-refractivity contribution < 1.29 is 17.6 Å². The Balaban J connectivity index is 0.00000220. The zero-order valence-corrected chi connectivity index (χ0v) is 13.5. The lowest BCUT2D eigenvalue weighted by molar-refractivity contribution is -0.137. The van der Waals surface area contributed by atoms with Gasteiger partial charge in [0.2, 0.25) is 0 Å². The first-order valence-electron chi connectivity index (χ1n) is 6.30. The van der Waals surface area contributed by atoms with E-state index in [-0.39, 0.29) is 12.4 Å². The van der Waals surface area contributed by atoms with Gasteiger partial charge in [-0.25, -0.2) is 4.39 Å². The van der Waals surface area contributed by atoms with Gasteiger partial charge in [-0.2, -0.15) is 13.2 Å². The van der Waals surface area contributed by atoms with Crippen molar-refractivity contribution in [1.29, 1.82) is 0 Å². The van der Waals surface area contributed by atoms with Crippen molar-refractivity contribution in [2.45, 2.75) is 12.2 Å². The van der Waals surface area contributed by atoms with E-state index in [1.807, 2.05) is 4.90 Å². The van der Waals surface area contributed by atoms with Crippen LogP contribution in [0.5, 0.6) is 0 Å². The van der Waals surface area contributed by atoms with E-state index in [0.717, 1.165) is 25.2 Å². The molecule has 120 valence electrons. The third-order valence-electron chi connectivity index (χ3n) is 3.37. The first-order valence-corrected chi connectivity index (χ1v) is 7.09. The lowest BCUT2D eigenvalue weighted by Gasteiger charge is -2.34. The van der Waals surface area contributed by atoms with Gasteiger partial charge in [0, 0.05) is 30.7 Å². The molecule has 1 atom stereocenters. The second-order valence-corrected chi connectivity index (χ2v) is 5.64. The molecule has 0 aromatic heterocycles. The molecule has 0 spiro atoms. The Morgan fingerprint density at radius 3 is 2.33 bits per heavy atom. The molecular formula is C13H16BrClF4N2. The Kier molecular flexibility index (Phi) is 6.90. The summed E-state index contributed by atoms with van der Waals surface area (Å²) in [4.78, 5) is 1.87. The molecule has 1 aromatic rings. The lowest BCUT2D eigenvalue weighted by atomic mass is 10.0. The third-order valence-corrected chi connectivity index (χ3v) is 3.83. The van der Waals surface area contributed by atoms with Crippen LogP contribution in [-0.2, 0) is 6.18 Å². The zero-order chi connectivity index (χ0) is 14.8. The van der Waals surface area contributed by atoms with Crippen LogP contribution in [0.2, 0.25) is 0 Å². The van der Waals surface area contributed by atoms with Crippen molar-refractivity contribution in [1.82, 2.24) is 10.2 Å². The average Bonchev–Trinajstić information content (AvgIpc) is 2.39. The average molecular weight is 392 g/mol. The molecule has 8 heteroatoms. The molecule has 1 aliphatic rings. The van der Waals surface area contributed by atoms with Crippen molar-refractivity contribution in [2.24, 2.45) is 0 Å². The molecule has 1 saturated heterocycles. The fourth-order valence-corrected chi connectivity index (χ4v) is 2.87. The highest BCUT2D eigenvalue weighted by Crippen LogP contribution is 2.34. The minimum Gasteiger partial charge on any atom is -0.314 e. The number of hydrogen-bond acceptors (Lipinski definition) is 2. The molecule has 1 heterocycles. The van der Waals surface area contributed by atoms with Crippen LogP contribution in [0.3, 0.4) is 0 Å². The highest BCUT2D eigenvalue weighted by Gasteiger charge is 2.32. The van der Waals surface area contributed by atoms with Crippen LogP contribution >= 0.6 is 28.3 Å². The predicted octanol–water partition coefficient (Wildman–Crippen LogP) is 3.81. The Morgan fingerprint density at radius 1 is 1.19 bits per heavy atom. The van der Waals surface area contributed by atoms with Crippen LogP contribution in [0.25, 0.3) is 0 Å². The maximum absolute atomic E-state index is 13.3. The SMILES string of the molecule is Cl.FC[C@@H](c1cc(Br)cc(C(F)(F)F)c1)N1CCNCC1. The number of nitrogens with one attached hydrogen (secondary N) is 1. The topological polar surface area (TPSA) is 15.3 Å². The normalized spacial score (nSPS) is 18.1. The first kappa shape index (κ1) is 18.7. The number of rotatable bonds is 3. The van der Waals surface area contributed by atoms with Crippen LogP contribution in [0.15, 0.2) is 22.7 Å². The summed E-state index contributed by atoms with van der Waals surface area (Å²) in [6.07, 6.45) is -4.43. The Bertz CT molecular complexity index is 464. The van der Waals surface area contributed by atoms with E-state index in [1.54, 1.807) is 6.07 Å². The molecule has 2 nitrogen and oxygen atoms in total. The summed E-state index contributed by atoms with van der Waals surface area (Å²) < 4.78 is 52.1. The number of nitrogens with zero attached hydrogens (tertiary/aromatic N) is 1. The molecule has 1 aromatic carbocycles. The van der Waals surface area contributed by atoms with Crippen molar-refractivity contribution in [3.63, 3.8) is 0 Å². The predicted molar refractivity (Wildman–Crippen MR) is 79.6 cm³/mol. The zero-order valence-electron chi connectivity index (χ0n) is 11.1. The van der Waals surface area contributed by atoms with Crippen molar-refractivity contribution >= 4 is 28.3 Å². The van der Waals surface area contributed by atoms with Gasteiger partial charge >= 0.3 is 6.18 Å². The quantitative estimate of drug-likeness (QED) is 0.789. The minimum atomic E-state index is -4.43. The van der Waals surface area contributed by atoms with Gasteiger partial charge < -0.3 is 5.32 Å².